The molecule has 0 saturated heterocycles. The predicted octanol–water partition coefficient (Wildman–Crippen LogP) is 5.74. The van der Waals surface area contributed by atoms with Crippen molar-refractivity contribution in [3.8, 4) is 0 Å². The second-order valence-electron chi connectivity index (χ2n) is 5.64. The van der Waals surface area contributed by atoms with E-state index in [1.165, 1.54) is 42.6 Å². The molecule has 0 aliphatic heterocycles. The third-order valence-corrected chi connectivity index (χ3v) is 5.68. The minimum Gasteiger partial charge on any atom is -0.179 e. The monoisotopic (exact) mass is 296 g/mol. The fourth-order valence-corrected chi connectivity index (χ4v) is 4.64. The van der Waals surface area contributed by atoms with Crippen LogP contribution in [0.3, 0.4) is 0 Å². The maximum atomic E-state index is 4.63. The Kier molecular flexibility index (Phi) is 8.01. The van der Waals surface area contributed by atoms with Crippen molar-refractivity contribution in [3.63, 3.8) is 0 Å². The summed E-state index contributed by atoms with van der Waals surface area (Å²) in [7, 11) is 0. The van der Waals surface area contributed by atoms with Crippen LogP contribution < -0.4 is 0 Å². The first kappa shape index (κ1) is 17.0. The molecule has 2 heteroatoms. The first-order valence-corrected chi connectivity index (χ1v) is 9.18. The summed E-state index contributed by atoms with van der Waals surface area (Å²) in [6, 6.07) is 8.87. The smallest absolute Gasteiger partial charge is 0.0184 e. The first-order valence-electron chi connectivity index (χ1n) is 7.40. The maximum absolute atomic E-state index is 4.63. The second-order valence-corrected chi connectivity index (χ2v) is 6.94. The van der Waals surface area contributed by atoms with E-state index in [9.17, 15) is 0 Å². The minimum absolute atomic E-state index is 0.446. The van der Waals surface area contributed by atoms with Crippen LogP contribution >= 0.6 is 24.4 Å². The zero-order chi connectivity index (χ0) is 14.1. The van der Waals surface area contributed by atoms with Gasteiger partial charge in [-0.1, -0.05) is 56.5 Å². The fraction of sp³-hybridized carbons (Fsp3) is 0.647. The highest BCUT2D eigenvalue weighted by atomic mass is 32.2. The van der Waals surface area contributed by atoms with Crippen molar-refractivity contribution in [3.05, 3.63) is 35.4 Å². The molecule has 0 spiro atoms. The lowest BCUT2D eigenvalue weighted by Gasteiger charge is -2.31. The van der Waals surface area contributed by atoms with Crippen molar-refractivity contribution in [1.29, 1.82) is 0 Å². The number of rotatable bonds is 9. The van der Waals surface area contributed by atoms with Crippen molar-refractivity contribution in [2.45, 2.75) is 52.2 Å². The molecular weight excluding hydrogens is 268 g/mol. The Balaban J connectivity index is 2.51. The van der Waals surface area contributed by atoms with E-state index >= 15 is 0 Å². The number of thioether (sulfide) groups is 1. The molecule has 19 heavy (non-hydrogen) atoms. The topological polar surface area (TPSA) is 0 Å². The zero-order valence-electron chi connectivity index (χ0n) is 12.6. The number of thiol groups is 1. The van der Waals surface area contributed by atoms with Crippen LogP contribution in [0.4, 0.5) is 0 Å². The summed E-state index contributed by atoms with van der Waals surface area (Å²) in [6.45, 7) is 6.75. The van der Waals surface area contributed by atoms with Crippen LogP contribution in [0, 0.1) is 12.3 Å². The van der Waals surface area contributed by atoms with E-state index in [1.807, 2.05) is 0 Å². The molecule has 0 nitrogen and oxygen atoms in total. The molecule has 108 valence electrons. The van der Waals surface area contributed by atoms with Crippen molar-refractivity contribution >= 4 is 24.4 Å². The summed E-state index contributed by atoms with van der Waals surface area (Å²) < 4.78 is 0. The van der Waals surface area contributed by atoms with Gasteiger partial charge < -0.3 is 0 Å². The van der Waals surface area contributed by atoms with E-state index in [4.69, 9.17) is 0 Å². The van der Waals surface area contributed by atoms with E-state index in [2.05, 4.69) is 69.4 Å². The van der Waals surface area contributed by atoms with Crippen LogP contribution in [0.2, 0.25) is 0 Å². The van der Waals surface area contributed by atoms with Crippen LogP contribution in [-0.2, 0) is 5.75 Å². The molecule has 0 bridgehead atoms. The van der Waals surface area contributed by atoms with Gasteiger partial charge in [0.2, 0.25) is 0 Å². The first-order chi connectivity index (χ1) is 9.15. The molecule has 0 heterocycles. The summed E-state index contributed by atoms with van der Waals surface area (Å²) in [5, 5.41) is 0. The van der Waals surface area contributed by atoms with Gasteiger partial charge in [-0.05, 0) is 36.5 Å². The van der Waals surface area contributed by atoms with Crippen LogP contribution in [-0.4, -0.2) is 11.5 Å². The highest BCUT2D eigenvalue weighted by molar-refractivity contribution is 7.98. The van der Waals surface area contributed by atoms with Crippen molar-refractivity contribution in [2.75, 3.05) is 11.5 Å². The van der Waals surface area contributed by atoms with Crippen molar-refractivity contribution < 1.29 is 0 Å². The summed E-state index contributed by atoms with van der Waals surface area (Å²) in [5.74, 6) is 3.40. The number of hydrogen-bond donors (Lipinski definition) is 1. The molecule has 0 unspecified atom stereocenters. The van der Waals surface area contributed by atoms with Gasteiger partial charge in [-0.15, -0.1) is 0 Å². The van der Waals surface area contributed by atoms with Gasteiger partial charge in [0.25, 0.3) is 0 Å². The largest absolute Gasteiger partial charge is 0.179 e. The second kappa shape index (κ2) is 8.97. The lowest BCUT2D eigenvalue weighted by Crippen LogP contribution is -2.26. The van der Waals surface area contributed by atoms with Gasteiger partial charge in [-0.25, -0.2) is 0 Å². The molecule has 0 atom stereocenters. The SMILES string of the molecule is CCCC(CS)(CCC)CSCc1cccc(C)c1. The number of benzene rings is 1. The Morgan fingerprint density at radius 1 is 1.16 bits per heavy atom. The molecule has 1 aromatic rings. The van der Waals surface area contributed by atoms with Crippen LogP contribution in [0.25, 0.3) is 0 Å². The van der Waals surface area contributed by atoms with E-state index in [-0.39, 0.29) is 0 Å². The Hall–Kier alpha value is -0.0800. The van der Waals surface area contributed by atoms with E-state index in [0.29, 0.717) is 5.41 Å². The lowest BCUT2D eigenvalue weighted by atomic mass is 9.83. The number of aryl methyl sites for hydroxylation is 1. The highest BCUT2D eigenvalue weighted by Crippen LogP contribution is 2.35. The Morgan fingerprint density at radius 3 is 2.37 bits per heavy atom. The van der Waals surface area contributed by atoms with E-state index in [0.717, 1.165) is 11.5 Å². The minimum atomic E-state index is 0.446. The molecule has 0 fully saturated rings. The van der Waals surface area contributed by atoms with Crippen LogP contribution in [0.15, 0.2) is 24.3 Å². The van der Waals surface area contributed by atoms with Gasteiger partial charge in [-0.3, -0.25) is 0 Å². The van der Waals surface area contributed by atoms with Crippen LogP contribution in [0.5, 0.6) is 0 Å². The van der Waals surface area contributed by atoms with Gasteiger partial charge in [0, 0.05) is 11.5 Å². The molecular formula is C17H28S2. The molecule has 0 radical (unpaired) electrons. The third-order valence-electron chi connectivity index (χ3n) is 3.66. The van der Waals surface area contributed by atoms with Gasteiger partial charge in [0.15, 0.2) is 0 Å². The maximum Gasteiger partial charge on any atom is 0.0184 e. The molecule has 0 aromatic heterocycles. The number of hydrogen-bond acceptors (Lipinski definition) is 2. The normalized spacial score (nSPS) is 11.8. The average Bonchev–Trinajstić information content (AvgIpc) is 2.39. The van der Waals surface area contributed by atoms with Gasteiger partial charge in [0.1, 0.15) is 0 Å². The standard InChI is InChI=1S/C17H28S2/c1-4-9-17(13-18,10-5-2)14-19-12-16-8-6-7-15(3)11-16/h6-8,11,18H,4-5,9-10,12-14H2,1-3H3. The van der Waals surface area contributed by atoms with Crippen molar-refractivity contribution in [1.82, 2.24) is 0 Å². The third kappa shape index (κ3) is 5.83. The van der Waals surface area contributed by atoms with E-state index < -0.39 is 0 Å². The fourth-order valence-electron chi connectivity index (χ4n) is 2.72. The zero-order valence-corrected chi connectivity index (χ0v) is 14.3. The summed E-state index contributed by atoms with van der Waals surface area (Å²) in [6.07, 6.45) is 5.16. The van der Waals surface area contributed by atoms with Crippen molar-refractivity contribution in [2.24, 2.45) is 5.41 Å². The molecule has 0 aliphatic carbocycles. The highest BCUT2D eigenvalue weighted by Gasteiger charge is 2.26. The van der Waals surface area contributed by atoms with E-state index in [1.54, 1.807) is 0 Å². The molecule has 0 amide bonds. The summed E-state index contributed by atoms with van der Waals surface area (Å²) in [4.78, 5) is 0. The Morgan fingerprint density at radius 2 is 1.84 bits per heavy atom. The average molecular weight is 297 g/mol. The molecule has 1 aromatic carbocycles. The quantitative estimate of drug-likeness (QED) is 0.567. The molecule has 0 N–H and O–H groups in total. The Bertz CT molecular complexity index is 354. The molecule has 0 saturated carbocycles. The Labute approximate surface area is 129 Å². The summed E-state index contributed by atoms with van der Waals surface area (Å²) in [5.41, 5.74) is 3.26. The molecule has 1 rings (SSSR count). The van der Waals surface area contributed by atoms with Gasteiger partial charge in [-0.2, -0.15) is 24.4 Å². The summed E-state index contributed by atoms with van der Waals surface area (Å²) >= 11 is 6.71. The van der Waals surface area contributed by atoms with Gasteiger partial charge in [0.05, 0.1) is 0 Å². The molecule has 0 aliphatic rings. The van der Waals surface area contributed by atoms with Crippen LogP contribution in [0.1, 0.15) is 50.7 Å². The predicted molar refractivity (Wildman–Crippen MR) is 93.4 cm³/mol. The lowest BCUT2D eigenvalue weighted by molar-refractivity contribution is 0.318. The van der Waals surface area contributed by atoms with Gasteiger partial charge >= 0.3 is 0 Å².